The number of carbonyl (C=O) groups excluding carboxylic acids is 3. The Labute approximate surface area is 168 Å². The predicted molar refractivity (Wildman–Crippen MR) is 107 cm³/mol. The van der Waals surface area contributed by atoms with Crippen molar-refractivity contribution in [1.29, 1.82) is 0 Å². The van der Waals surface area contributed by atoms with Gasteiger partial charge in [-0.1, -0.05) is 19.3 Å². The second-order valence-corrected chi connectivity index (χ2v) is 7.70. The molecule has 2 unspecified atom stereocenters. The van der Waals surface area contributed by atoms with E-state index in [0.717, 1.165) is 25.7 Å². The van der Waals surface area contributed by atoms with Crippen LogP contribution >= 0.6 is 12.4 Å². The van der Waals surface area contributed by atoms with E-state index in [1.807, 2.05) is 0 Å². The fourth-order valence-electron chi connectivity index (χ4n) is 4.02. The maximum Gasteiger partial charge on any atom is 0.244 e. The fraction of sp³-hybridized carbons (Fsp3) is 0.842. The molecule has 0 radical (unpaired) electrons. The lowest BCUT2D eigenvalue weighted by atomic mass is 9.87. The third-order valence-corrected chi connectivity index (χ3v) is 5.49. The van der Waals surface area contributed by atoms with Crippen molar-refractivity contribution in [3.8, 4) is 0 Å². The zero-order chi connectivity index (χ0) is 18.9. The Kier molecular flexibility index (Phi) is 10.7. The SMILES string of the molecule is CC(NC(=O)CC1CCCCC1)C(=O)N1CCCC(C(=O)NCCN)C1.Cl. The minimum Gasteiger partial charge on any atom is -0.355 e. The first-order valence-corrected chi connectivity index (χ1v) is 10.1. The third kappa shape index (κ3) is 7.66. The molecule has 1 saturated heterocycles. The van der Waals surface area contributed by atoms with Crippen LogP contribution in [0.25, 0.3) is 0 Å². The van der Waals surface area contributed by atoms with E-state index < -0.39 is 6.04 Å². The lowest BCUT2D eigenvalue weighted by Crippen LogP contribution is -2.52. The molecule has 1 aliphatic carbocycles. The normalized spacial score (nSPS) is 21.7. The number of nitrogens with one attached hydrogen (secondary N) is 2. The molecule has 1 aliphatic heterocycles. The van der Waals surface area contributed by atoms with Gasteiger partial charge >= 0.3 is 0 Å². The quantitative estimate of drug-likeness (QED) is 0.595. The minimum absolute atomic E-state index is 0. The van der Waals surface area contributed by atoms with E-state index in [0.29, 0.717) is 38.5 Å². The smallest absolute Gasteiger partial charge is 0.244 e. The first-order valence-electron chi connectivity index (χ1n) is 10.1. The molecule has 2 atom stereocenters. The van der Waals surface area contributed by atoms with Crippen LogP contribution in [0.1, 0.15) is 58.3 Å². The summed E-state index contributed by atoms with van der Waals surface area (Å²) in [6, 6.07) is -0.544. The topological polar surface area (TPSA) is 105 Å². The van der Waals surface area contributed by atoms with Crippen LogP contribution in [0.2, 0.25) is 0 Å². The van der Waals surface area contributed by atoms with E-state index in [9.17, 15) is 14.4 Å². The van der Waals surface area contributed by atoms with Gasteiger partial charge in [-0.05, 0) is 38.5 Å². The summed E-state index contributed by atoms with van der Waals surface area (Å²) < 4.78 is 0. The number of carbonyl (C=O) groups is 3. The standard InChI is InChI=1S/C19H34N4O3.ClH/c1-14(22-17(24)12-15-6-3-2-4-7-15)19(26)23-11-5-8-16(13-23)18(25)21-10-9-20;/h14-16H,2-13,20H2,1H3,(H,21,25)(H,22,24);1H. The number of piperidine rings is 1. The number of nitrogens with two attached hydrogens (primary N) is 1. The van der Waals surface area contributed by atoms with Gasteiger partial charge in [0.05, 0.1) is 5.92 Å². The first-order chi connectivity index (χ1) is 12.5. The second-order valence-electron chi connectivity index (χ2n) is 7.70. The van der Waals surface area contributed by atoms with Crippen LogP contribution in [0.5, 0.6) is 0 Å². The highest BCUT2D eigenvalue weighted by Gasteiger charge is 2.31. The number of hydrogen-bond acceptors (Lipinski definition) is 4. The van der Waals surface area contributed by atoms with Gasteiger partial charge in [0.15, 0.2) is 0 Å². The highest BCUT2D eigenvalue weighted by atomic mass is 35.5. The second kappa shape index (κ2) is 12.2. The molecule has 3 amide bonds. The fourth-order valence-corrected chi connectivity index (χ4v) is 4.02. The highest BCUT2D eigenvalue weighted by molar-refractivity contribution is 5.88. The van der Waals surface area contributed by atoms with Gasteiger partial charge in [0.2, 0.25) is 17.7 Å². The molecule has 1 heterocycles. The van der Waals surface area contributed by atoms with Gasteiger partial charge < -0.3 is 21.3 Å². The zero-order valence-electron chi connectivity index (χ0n) is 16.4. The van der Waals surface area contributed by atoms with Crippen molar-refractivity contribution in [3.63, 3.8) is 0 Å². The molecule has 27 heavy (non-hydrogen) atoms. The van der Waals surface area contributed by atoms with E-state index in [2.05, 4.69) is 10.6 Å². The first kappa shape index (κ1) is 23.7. The summed E-state index contributed by atoms with van der Waals surface area (Å²) in [5.74, 6) is 0.0910. The largest absolute Gasteiger partial charge is 0.355 e. The van der Waals surface area contributed by atoms with E-state index in [1.54, 1.807) is 11.8 Å². The maximum atomic E-state index is 12.7. The van der Waals surface area contributed by atoms with Crippen molar-refractivity contribution in [2.45, 2.75) is 64.3 Å². The average molecular weight is 403 g/mol. The number of likely N-dealkylation sites (tertiary alicyclic amines) is 1. The Morgan fingerprint density at radius 2 is 1.81 bits per heavy atom. The van der Waals surface area contributed by atoms with E-state index in [-0.39, 0.29) is 36.0 Å². The molecule has 4 N–H and O–H groups in total. The van der Waals surface area contributed by atoms with Crippen molar-refractivity contribution in [2.24, 2.45) is 17.6 Å². The lowest BCUT2D eigenvalue weighted by Gasteiger charge is -2.34. The summed E-state index contributed by atoms with van der Waals surface area (Å²) >= 11 is 0. The Balaban J connectivity index is 0.00000364. The predicted octanol–water partition coefficient (Wildman–Crippen LogP) is 1.20. The van der Waals surface area contributed by atoms with Crippen LogP contribution in [-0.2, 0) is 14.4 Å². The molecule has 0 aromatic carbocycles. The Hall–Kier alpha value is -1.34. The molecule has 0 spiro atoms. The third-order valence-electron chi connectivity index (χ3n) is 5.49. The Morgan fingerprint density at radius 1 is 1.11 bits per heavy atom. The van der Waals surface area contributed by atoms with Crippen molar-refractivity contribution in [3.05, 3.63) is 0 Å². The monoisotopic (exact) mass is 402 g/mol. The van der Waals surface area contributed by atoms with Crippen LogP contribution < -0.4 is 16.4 Å². The van der Waals surface area contributed by atoms with Gasteiger partial charge in [0.25, 0.3) is 0 Å². The Morgan fingerprint density at radius 3 is 2.48 bits per heavy atom. The lowest BCUT2D eigenvalue weighted by molar-refractivity contribution is -0.139. The summed E-state index contributed by atoms with van der Waals surface area (Å²) in [6.07, 6.45) is 7.99. The number of hydrogen-bond donors (Lipinski definition) is 3. The molecular weight excluding hydrogens is 368 g/mol. The molecule has 2 rings (SSSR count). The van der Waals surface area contributed by atoms with Gasteiger partial charge in [-0.15, -0.1) is 12.4 Å². The van der Waals surface area contributed by atoms with Gasteiger partial charge in [-0.3, -0.25) is 14.4 Å². The highest BCUT2D eigenvalue weighted by Crippen LogP contribution is 2.26. The Bertz CT molecular complexity index is 497. The summed E-state index contributed by atoms with van der Waals surface area (Å²) in [6.45, 7) is 3.65. The molecule has 2 fully saturated rings. The van der Waals surface area contributed by atoms with Crippen molar-refractivity contribution >= 4 is 30.1 Å². The number of amides is 3. The summed E-state index contributed by atoms with van der Waals surface area (Å²) in [4.78, 5) is 38.7. The van der Waals surface area contributed by atoms with Crippen LogP contribution in [-0.4, -0.2) is 54.8 Å². The van der Waals surface area contributed by atoms with Crippen LogP contribution in [0, 0.1) is 11.8 Å². The average Bonchev–Trinajstić information content (AvgIpc) is 2.66. The molecule has 2 aliphatic rings. The molecule has 0 aromatic heterocycles. The van der Waals surface area contributed by atoms with Crippen LogP contribution in [0.15, 0.2) is 0 Å². The molecule has 7 nitrogen and oxygen atoms in total. The van der Waals surface area contributed by atoms with Crippen molar-refractivity contribution < 1.29 is 14.4 Å². The molecule has 8 heteroatoms. The van der Waals surface area contributed by atoms with Gasteiger partial charge in [-0.2, -0.15) is 0 Å². The molecule has 0 aromatic rings. The van der Waals surface area contributed by atoms with Gasteiger partial charge in [0, 0.05) is 32.6 Å². The van der Waals surface area contributed by atoms with Crippen LogP contribution in [0.3, 0.4) is 0 Å². The summed E-state index contributed by atoms with van der Waals surface area (Å²) in [5.41, 5.74) is 5.42. The van der Waals surface area contributed by atoms with E-state index >= 15 is 0 Å². The number of nitrogens with zero attached hydrogens (tertiary/aromatic N) is 1. The zero-order valence-corrected chi connectivity index (χ0v) is 17.2. The molecule has 156 valence electrons. The molecular formula is C19H35ClN4O3. The minimum atomic E-state index is -0.544. The van der Waals surface area contributed by atoms with Crippen molar-refractivity contribution in [1.82, 2.24) is 15.5 Å². The van der Waals surface area contributed by atoms with Crippen molar-refractivity contribution in [2.75, 3.05) is 26.2 Å². The van der Waals surface area contributed by atoms with Crippen LogP contribution in [0.4, 0.5) is 0 Å². The number of halogens is 1. The molecule has 1 saturated carbocycles. The maximum absolute atomic E-state index is 12.7. The van der Waals surface area contributed by atoms with Gasteiger partial charge in [0.1, 0.15) is 6.04 Å². The number of rotatable bonds is 7. The molecule has 0 bridgehead atoms. The van der Waals surface area contributed by atoms with E-state index in [1.165, 1.54) is 19.3 Å². The van der Waals surface area contributed by atoms with E-state index in [4.69, 9.17) is 5.73 Å². The summed E-state index contributed by atoms with van der Waals surface area (Å²) in [7, 11) is 0. The van der Waals surface area contributed by atoms with Gasteiger partial charge in [-0.25, -0.2) is 0 Å². The summed E-state index contributed by atoms with van der Waals surface area (Å²) in [5, 5.41) is 5.65.